The maximum absolute atomic E-state index is 13.4. The van der Waals surface area contributed by atoms with Crippen molar-refractivity contribution in [3.63, 3.8) is 0 Å². The smallest absolute Gasteiger partial charge is 0.271 e. The van der Waals surface area contributed by atoms with Gasteiger partial charge in [0.1, 0.15) is 11.4 Å². The third-order valence-electron chi connectivity index (χ3n) is 5.15. The lowest BCUT2D eigenvalue weighted by molar-refractivity contribution is -0.127. The lowest BCUT2D eigenvalue weighted by Gasteiger charge is -2.26. The summed E-state index contributed by atoms with van der Waals surface area (Å²) >= 11 is 0. The number of aromatic nitrogens is 1. The molecule has 1 aliphatic heterocycles. The molecule has 0 bridgehead atoms. The average Bonchev–Trinajstić information content (AvgIpc) is 3.00. The number of methoxy groups -OCH3 is 1. The van der Waals surface area contributed by atoms with Crippen LogP contribution in [0.15, 0.2) is 90.4 Å². The van der Waals surface area contributed by atoms with Crippen molar-refractivity contribution in [2.24, 2.45) is 0 Å². The zero-order valence-electron chi connectivity index (χ0n) is 16.5. The molecule has 3 aromatic rings. The Bertz CT molecular complexity index is 1020. The Kier molecular flexibility index (Phi) is 5.29. The van der Waals surface area contributed by atoms with E-state index in [4.69, 9.17) is 4.74 Å². The molecule has 146 valence electrons. The zero-order valence-corrected chi connectivity index (χ0v) is 16.5. The summed E-state index contributed by atoms with van der Waals surface area (Å²) in [4.78, 5) is 19.6. The number of hydrogen-bond donors (Lipinski definition) is 1. The van der Waals surface area contributed by atoms with E-state index in [0.717, 1.165) is 28.1 Å². The Morgan fingerprint density at radius 2 is 1.79 bits per heavy atom. The predicted octanol–water partition coefficient (Wildman–Crippen LogP) is 4.56. The predicted molar refractivity (Wildman–Crippen MR) is 113 cm³/mol. The molecule has 1 aliphatic rings. The molecule has 0 spiro atoms. The summed E-state index contributed by atoms with van der Waals surface area (Å²) in [6, 6.07) is 21.4. The Balaban J connectivity index is 1.68. The van der Waals surface area contributed by atoms with Crippen LogP contribution in [0.2, 0.25) is 0 Å². The molecule has 1 amide bonds. The highest BCUT2D eigenvalue weighted by atomic mass is 16.5. The van der Waals surface area contributed by atoms with Crippen LogP contribution in [0, 0.1) is 0 Å². The summed E-state index contributed by atoms with van der Waals surface area (Å²) in [5.74, 6) is 0.758. The Hall–Kier alpha value is -3.60. The number of carbonyl (C=O) groups is 1. The minimum absolute atomic E-state index is 0.0176. The summed E-state index contributed by atoms with van der Waals surface area (Å²) in [5.41, 5.74) is 4.53. The maximum Gasteiger partial charge on any atom is 0.271 e. The number of hydrogen-bond acceptors (Lipinski definition) is 4. The molecule has 1 unspecified atom stereocenters. The standard InChI is InChI=1S/C24H23N3O2/c1-17-22(26-20-10-12-21(29-2)13-11-20)24(28)27(16-18-7-4-3-5-8-18)23(17)19-9-6-14-25-15-19/h3-15,23,26H,16H2,1-2H3. The van der Waals surface area contributed by atoms with Crippen molar-refractivity contribution in [2.45, 2.75) is 19.5 Å². The first-order valence-corrected chi connectivity index (χ1v) is 9.54. The number of pyridine rings is 1. The number of nitrogens with one attached hydrogen (secondary N) is 1. The van der Waals surface area contributed by atoms with Crippen LogP contribution in [0.5, 0.6) is 5.75 Å². The van der Waals surface area contributed by atoms with Crippen LogP contribution in [0.25, 0.3) is 0 Å². The lowest BCUT2D eigenvalue weighted by atomic mass is 10.0. The van der Waals surface area contributed by atoms with Crippen LogP contribution < -0.4 is 10.1 Å². The van der Waals surface area contributed by atoms with Gasteiger partial charge in [-0.05, 0) is 54.0 Å². The lowest BCUT2D eigenvalue weighted by Crippen LogP contribution is -2.30. The summed E-state index contributed by atoms with van der Waals surface area (Å²) in [7, 11) is 1.63. The summed E-state index contributed by atoms with van der Waals surface area (Å²) in [5, 5.41) is 3.32. The first-order chi connectivity index (χ1) is 14.2. The minimum Gasteiger partial charge on any atom is -0.497 e. The SMILES string of the molecule is COc1ccc(NC2=C(C)C(c3cccnc3)N(Cc3ccccc3)C2=O)cc1. The highest BCUT2D eigenvalue weighted by Gasteiger charge is 2.38. The molecule has 0 fully saturated rings. The van der Waals surface area contributed by atoms with E-state index in [1.165, 1.54) is 0 Å². The van der Waals surface area contributed by atoms with Crippen molar-refractivity contribution < 1.29 is 9.53 Å². The molecule has 0 saturated heterocycles. The van der Waals surface area contributed by atoms with E-state index < -0.39 is 0 Å². The van der Waals surface area contributed by atoms with Gasteiger partial charge in [0.05, 0.1) is 13.2 Å². The molecule has 1 atom stereocenters. The second kappa shape index (κ2) is 8.19. The van der Waals surface area contributed by atoms with Gasteiger partial charge in [-0.2, -0.15) is 0 Å². The number of anilines is 1. The first kappa shape index (κ1) is 18.7. The number of carbonyl (C=O) groups excluding carboxylic acids is 1. The van der Waals surface area contributed by atoms with Crippen LogP contribution in [-0.2, 0) is 11.3 Å². The van der Waals surface area contributed by atoms with Gasteiger partial charge in [0.25, 0.3) is 5.91 Å². The van der Waals surface area contributed by atoms with Gasteiger partial charge in [0, 0.05) is 24.6 Å². The number of amides is 1. The fraction of sp³-hybridized carbons (Fsp3) is 0.167. The molecule has 1 N–H and O–H groups in total. The van der Waals surface area contributed by atoms with Gasteiger partial charge in [-0.1, -0.05) is 36.4 Å². The van der Waals surface area contributed by atoms with Crippen LogP contribution in [-0.4, -0.2) is 22.9 Å². The third kappa shape index (κ3) is 3.85. The van der Waals surface area contributed by atoms with E-state index >= 15 is 0 Å². The largest absolute Gasteiger partial charge is 0.497 e. The Labute approximate surface area is 170 Å². The second-order valence-electron chi connectivity index (χ2n) is 7.02. The van der Waals surface area contributed by atoms with Gasteiger partial charge in [0.15, 0.2) is 0 Å². The van der Waals surface area contributed by atoms with E-state index in [1.54, 1.807) is 13.3 Å². The molecule has 0 aliphatic carbocycles. The number of benzene rings is 2. The fourth-order valence-electron chi connectivity index (χ4n) is 3.68. The topological polar surface area (TPSA) is 54.5 Å². The van der Waals surface area contributed by atoms with Crippen LogP contribution >= 0.6 is 0 Å². The monoisotopic (exact) mass is 385 g/mol. The van der Waals surface area contributed by atoms with Crippen molar-refractivity contribution in [1.82, 2.24) is 9.88 Å². The van der Waals surface area contributed by atoms with E-state index in [9.17, 15) is 4.79 Å². The highest BCUT2D eigenvalue weighted by molar-refractivity contribution is 6.00. The van der Waals surface area contributed by atoms with Gasteiger partial charge < -0.3 is 15.0 Å². The summed E-state index contributed by atoms with van der Waals surface area (Å²) < 4.78 is 5.22. The van der Waals surface area contributed by atoms with Gasteiger partial charge in [-0.25, -0.2) is 0 Å². The van der Waals surface area contributed by atoms with Crippen molar-refractivity contribution in [1.29, 1.82) is 0 Å². The molecular formula is C24H23N3O2. The van der Waals surface area contributed by atoms with E-state index in [-0.39, 0.29) is 11.9 Å². The Morgan fingerprint density at radius 1 is 1.03 bits per heavy atom. The molecule has 0 saturated carbocycles. The molecule has 0 radical (unpaired) electrons. The molecule has 29 heavy (non-hydrogen) atoms. The van der Waals surface area contributed by atoms with Crippen molar-refractivity contribution in [2.75, 3.05) is 12.4 Å². The van der Waals surface area contributed by atoms with Crippen molar-refractivity contribution >= 4 is 11.6 Å². The van der Waals surface area contributed by atoms with E-state index in [1.807, 2.05) is 84.8 Å². The first-order valence-electron chi connectivity index (χ1n) is 9.54. The van der Waals surface area contributed by atoms with Crippen LogP contribution in [0.1, 0.15) is 24.1 Å². The van der Waals surface area contributed by atoms with Gasteiger partial charge >= 0.3 is 0 Å². The molecule has 2 heterocycles. The molecular weight excluding hydrogens is 362 g/mol. The molecule has 2 aromatic carbocycles. The van der Waals surface area contributed by atoms with Gasteiger partial charge in [-0.15, -0.1) is 0 Å². The minimum atomic E-state index is -0.155. The fourth-order valence-corrected chi connectivity index (χ4v) is 3.68. The number of ether oxygens (including phenoxy) is 1. The van der Waals surface area contributed by atoms with E-state index in [2.05, 4.69) is 10.3 Å². The quantitative estimate of drug-likeness (QED) is 0.676. The average molecular weight is 385 g/mol. The van der Waals surface area contributed by atoms with Gasteiger partial charge in [-0.3, -0.25) is 9.78 Å². The molecule has 1 aromatic heterocycles. The van der Waals surface area contributed by atoms with Crippen LogP contribution in [0.4, 0.5) is 5.69 Å². The zero-order chi connectivity index (χ0) is 20.2. The van der Waals surface area contributed by atoms with E-state index in [0.29, 0.717) is 12.2 Å². The highest BCUT2D eigenvalue weighted by Crippen LogP contribution is 2.38. The van der Waals surface area contributed by atoms with Crippen LogP contribution in [0.3, 0.4) is 0 Å². The summed E-state index contributed by atoms with van der Waals surface area (Å²) in [6.07, 6.45) is 3.58. The maximum atomic E-state index is 13.4. The summed E-state index contributed by atoms with van der Waals surface area (Å²) in [6.45, 7) is 2.54. The third-order valence-corrected chi connectivity index (χ3v) is 5.15. The Morgan fingerprint density at radius 3 is 2.45 bits per heavy atom. The molecule has 5 heteroatoms. The molecule has 4 rings (SSSR count). The van der Waals surface area contributed by atoms with Crippen molar-refractivity contribution in [3.05, 3.63) is 102 Å². The van der Waals surface area contributed by atoms with Crippen molar-refractivity contribution in [3.8, 4) is 5.75 Å². The molecule has 5 nitrogen and oxygen atoms in total. The number of rotatable bonds is 6. The number of nitrogens with zero attached hydrogens (tertiary/aromatic N) is 2. The van der Waals surface area contributed by atoms with Gasteiger partial charge in [0.2, 0.25) is 0 Å². The normalized spacial score (nSPS) is 16.3. The second-order valence-corrected chi connectivity index (χ2v) is 7.02.